The van der Waals surface area contributed by atoms with Gasteiger partial charge >= 0.3 is 0 Å². The number of hydrogen-bond acceptors (Lipinski definition) is 5. The van der Waals surface area contributed by atoms with Gasteiger partial charge in [0.15, 0.2) is 0 Å². The van der Waals surface area contributed by atoms with E-state index in [4.69, 9.17) is 4.98 Å². The Kier molecular flexibility index (Phi) is 6.72. The summed E-state index contributed by atoms with van der Waals surface area (Å²) in [4.78, 5) is 17.6. The zero-order valence-electron chi connectivity index (χ0n) is 21.1. The highest BCUT2D eigenvalue weighted by Crippen LogP contribution is 2.31. The molecule has 0 bridgehead atoms. The van der Waals surface area contributed by atoms with Crippen LogP contribution < -0.4 is 16.0 Å². The number of nitrogens with zero attached hydrogens (tertiary/aromatic N) is 2. The van der Waals surface area contributed by atoms with Gasteiger partial charge in [0, 0.05) is 40.1 Å². The lowest BCUT2D eigenvalue weighted by molar-refractivity contribution is -0.120. The van der Waals surface area contributed by atoms with Gasteiger partial charge in [0.25, 0.3) is 0 Å². The molecule has 1 aliphatic carbocycles. The zero-order chi connectivity index (χ0) is 25.7. The van der Waals surface area contributed by atoms with Crippen molar-refractivity contribution >= 4 is 45.4 Å². The molecule has 1 fully saturated rings. The zero-order valence-corrected chi connectivity index (χ0v) is 21.1. The molecule has 2 heterocycles. The van der Waals surface area contributed by atoms with Crippen molar-refractivity contribution in [2.24, 2.45) is 5.92 Å². The number of rotatable bonds is 7. The Morgan fingerprint density at radius 3 is 2.42 bits per heavy atom. The molecular formula is C31H30N6O. The van der Waals surface area contributed by atoms with Crippen LogP contribution in [0.4, 0.5) is 28.7 Å². The molecule has 0 unspecified atom stereocenters. The molecule has 0 spiro atoms. The van der Waals surface area contributed by atoms with Gasteiger partial charge in [0.05, 0.1) is 6.20 Å². The Balaban J connectivity index is 1.22. The minimum atomic E-state index is 0.116. The Morgan fingerprint density at radius 2 is 1.61 bits per heavy atom. The largest absolute Gasteiger partial charge is 0.340 e. The van der Waals surface area contributed by atoms with Crippen LogP contribution in [0.2, 0.25) is 0 Å². The van der Waals surface area contributed by atoms with Gasteiger partial charge in [-0.15, -0.1) is 0 Å². The van der Waals surface area contributed by atoms with Gasteiger partial charge in [0.1, 0.15) is 11.6 Å². The Labute approximate surface area is 221 Å². The van der Waals surface area contributed by atoms with Gasteiger partial charge in [-0.25, -0.2) is 4.98 Å². The van der Waals surface area contributed by atoms with Gasteiger partial charge in [-0.05, 0) is 60.2 Å². The molecule has 0 saturated heterocycles. The lowest BCUT2D eigenvalue weighted by Crippen LogP contribution is -2.24. The van der Waals surface area contributed by atoms with E-state index >= 15 is 0 Å². The molecule has 0 atom stereocenters. The highest BCUT2D eigenvalue weighted by Gasteiger charge is 2.21. The van der Waals surface area contributed by atoms with E-state index in [-0.39, 0.29) is 11.8 Å². The van der Waals surface area contributed by atoms with E-state index in [9.17, 15) is 4.79 Å². The quantitative estimate of drug-likeness (QED) is 0.184. The first-order chi connectivity index (χ1) is 18.7. The molecule has 1 amide bonds. The second-order valence-electron chi connectivity index (χ2n) is 9.80. The Bertz CT molecular complexity index is 1540. The number of carbonyl (C=O) groups is 1. The minimum absolute atomic E-state index is 0.116. The molecule has 38 heavy (non-hydrogen) atoms. The van der Waals surface area contributed by atoms with E-state index in [0.29, 0.717) is 0 Å². The van der Waals surface area contributed by atoms with Crippen molar-refractivity contribution in [3.8, 4) is 11.1 Å². The number of anilines is 5. The van der Waals surface area contributed by atoms with Crippen molar-refractivity contribution < 1.29 is 4.79 Å². The first kappa shape index (κ1) is 23.7. The molecule has 3 aromatic carbocycles. The van der Waals surface area contributed by atoms with Crippen molar-refractivity contribution in [1.29, 1.82) is 0 Å². The molecule has 1 saturated carbocycles. The summed E-state index contributed by atoms with van der Waals surface area (Å²) in [5.41, 5.74) is 4.74. The van der Waals surface area contributed by atoms with Crippen LogP contribution in [0.25, 0.3) is 21.9 Å². The highest BCUT2D eigenvalue weighted by atomic mass is 16.1. The van der Waals surface area contributed by atoms with Gasteiger partial charge in [-0.1, -0.05) is 61.7 Å². The standard InChI is InChI=1S/C31H30N6O/c38-31(22-7-2-1-3-8-22)36-27-11-6-10-26(18-27)34-29-17-23-9-4-5-12-28(23)30(37-29)35-25-15-13-21(14-16-25)24-19-32-33-20-24/h4-6,9-20,22H,1-3,7-8H2,(H,32,33)(H,36,38)(H2,34,35,37). The molecule has 5 aromatic rings. The lowest BCUT2D eigenvalue weighted by atomic mass is 9.88. The summed E-state index contributed by atoms with van der Waals surface area (Å²) in [5, 5.41) is 19.0. The van der Waals surface area contributed by atoms with Gasteiger partial charge < -0.3 is 16.0 Å². The van der Waals surface area contributed by atoms with Crippen molar-refractivity contribution in [3.05, 3.63) is 91.3 Å². The number of nitrogens with one attached hydrogen (secondary N) is 4. The second-order valence-corrected chi connectivity index (χ2v) is 9.80. The normalized spacial score (nSPS) is 13.8. The van der Waals surface area contributed by atoms with E-state index in [1.54, 1.807) is 0 Å². The lowest BCUT2D eigenvalue weighted by Gasteiger charge is -2.21. The van der Waals surface area contributed by atoms with E-state index in [1.807, 2.05) is 67.0 Å². The smallest absolute Gasteiger partial charge is 0.227 e. The van der Waals surface area contributed by atoms with Crippen LogP contribution in [0.15, 0.2) is 91.3 Å². The molecule has 7 heteroatoms. The Morgan fingerprint density at radius 1 is 0.789 bits per heavy atom. The summed E-state index contributed by atoms with van der Waals surface area (Å²) < 4.78 is 0. The fourth-order valence-electron chi connectivity index (χ4n) is 5.08. The average Bonchev–Trinajstić information content (AvgIpc) is 3.49. The topological polar surface area (TPSA) is 94.7 Å². The number of fused-ring (bicyclic) bond motifs is 1. The summed E-state index contributed by atoms with van der Waals surface area (Å²) in [7, 11) is 0. The van der Waals surface area contributed by atoms with Crippen LogP contribution in [0, 0.1) is 5.92 Å². The van der Waals surface area contributed by atoms with Crippen LogP contribution in [-0.2, 0) is 4.79 Å². The maximum Gasteiger partial charge on any atom is 0.227 e. The van der Waals surface area contributed by atoms with Crippen molar-refractivity contribution in [2.45, 2.75) is 32.1 Å². The van der Waals surface area contributed by atoms with Gasteiger partial charge in [-0.2, -0.15) is 5.10 Å². The molecule has 2 aromatic heterocycles. The summed E-state index contributed by atoms with van der Waals surface area (Å²) in [5.74, 6) is 1.72. The van der Waals surface area contributed by atoms with Gasteiger partial charge in [-0.3, -0.25) is 9.89 Å². The third-order valence-corrected chi connectivity index (χ3v) is 7.10. The first-order valence-electron chi connectivity index (χ1n) is 13.2. The number of benzene rings is 3. The van der Waals surface area contributed by atoms with E-state index < -0.39 is 0 Å². The molecule has 0 radical (unpaired) electrons. The fourth-order valence-corrected chi connectivity index (χ4v) is 5.08. The first-order valence-corrected chi connectivity index (χ1v) is 13.2. The second kappa shape index (κ2) is 10.8. The molecule has 4 N–H and O–H groups in total. The SMILES string of the molecule is O=C(Nc1cccc(Nc2cc3ccccc3c(Nc3ccc(-c4cn[nH]c4)cc3)n2)c1)C1CCCCC1. The summed E-state index contributed by atoms with van der Waals surface area (Å²) in [6.45, 7) is 0. The highest BCUT2D eigenvalue weighted by molar-refractivity contribution is 5.96. The number of hydrogen-bond donors (Lipinski definition) is 4. The molecule has 6 rings (SSSR count). The predicted octanol–water partition coefficient (Wildman–Crippen LogP) is 7.63. The molecule has 190 valence electrons. The monoisotopic (exact) mass is 502 g/mol. The molecule has 0 aliphatic heterocycles. The number of H-pyrrole nitrogens is 1. The van der Waals surface area contributed by atoms with Crippen LogP contribution in [0.1, 0.15) is 32.1 Å². The van der Waals surface area contributed by atoms with E-state index in [2.05, 4.69) is 50.4 Å². The Hall–Kier alpha value is -4.65. The number of carbonyl (C=O) groups excluding carboxylic acids is 1. The number of amides is 1. The number of pyridine rings is 1. The van der Waals surface area contributed by atoms with E-state index in [1.165, 1.54) is 6.42 Å². The average molecular weight is 503 g/mol. The molecule has 7 nitrogen and oxygen atoms in total. The summed E-state index contributed by atoms with van der Waals surface area (Å²) >= 11 is 0. The van der Waals surface area contributed by atoms with Gasteiger partial charge in [0.2, 0.25) is 5.91 Å². The number of aromatic amines is 1. The van der Waals surface area contributed by atoms with Crippen molar-refractivity contribution in [1.82, 2.24) is 15.2 Å². The van der Waals surface area contributed by atoms with Crippen LogP contribution >= 0.6 is 0 Å². The molecular weight excluding hydrogens is 472 g/mol. The van der Waals surface area contributed by atoms with Crippen LogP contribution in [0.5, 0.6) is 0 Å². The minimum Gasteiger partial charge on any atom is -0.340 e. The maximum atomic E-state index is 12.7. The van der Waals surface area contributed by atoms with Crippen molar-refractivity contribution in [3.63, 3.8) is 0 Å². The predicted molar refractivity (Wildman–Crippen MR) is 154 cm³/mol. The van der Waals surface area contributed by atoms with Crippen LogP contribution in [0.3, 0.4) is 0 Å². The maximum absolute atomic E-state index is 12.7. The molecule has 1 aliphatic rings. The third kappa shape index (κ3) is 5.37. The van der Waals surface area contributed by atoms with Crippen molar-refractivity contribution in [2.75, 3.05) is 16.0 Å². The summed E-state index contributed by atoms with van der Waals surface area (Å²) in [6, 6.07) is 26.2. The van der Waals surface area contributed by atoms with Crippen LogP contribution in [-0.4, -0.2) is 21.1 Å². The number of aromatic nitrogens is 3. The fraction of sp³-hybridized carbons (Fsp3) is 0.194. The van der Waals surface area contributed by atoms with E-state index in [0.717, 1.165) is 76.3 Å². The summed E-state index contributed by atoms with van der Waals surface area (Å²) in [6.07, 6.45) is 9.15. The third-order valence-electron chi connectivity index (χ3n) is 7.10.